The van der Waals surface area contributed by atoms with E-state index in [1.807, 2.05) is 6.07 Å². The Bertz CT molecular complexity index is 598. The molecule has 0 saturated heterocycles. The van der Waals surface area contributed by atoms with Crippen molar-refractivity contribution in [2.24, 2.45) is 0 Å². The number of nitrogens with two attached hydrogens (primary N) is 1. The van der Waals surface area contributed by atoms with E-state index in [4.69, 9.17) is 22.6 Å². The van der Waals surface area contributed by atoms with E-state index in [2.05, 4.69) is 0 Å². The van der Waals surface area contributed by atoms with Gasteiger partial charge in [0, 0.05) is 20.0 Å². The summed E-state index contributed by atoms with van der Waals surface area (Å²) in [6.07, 6.45) is 0.0457. The topological polar surface area (TPSA) is 87.2 Å². The summed E-state index contributed by atoms with van der Waals surface area (Å²) >= 11 is 5.70. The van der Waals surface area contributed by atoms with Crippen molar-refractivity contribution in [1.29, 1.82) is 5.26 Å². The first-order valence-corrected chi connectivity index (χ1v) is 6.70. The van der Waals surface area contributed by atoms with E-state index in [0.29, 0.717) is 0 Å². The molecule has 0 radical (unpaired) electrons. The second kappa shape index (κ2) is 5.52. The highest BCUT2D eigenvalue weighted by Crippen LogP contribution is 2.28. The van der Waals surface area contributed by atoms with Gasteiger partial charge in [-0.2, -0.15) is 9.57 Å². The van der Waals surface area contributed by atoms with Gasteiger partial charge in [-0.3, -0.25) is 0 Å². The number of hydrogen-bond donors (Lipinski definition) is 1. The third-order valence-corrected chi connectivity index (χ3v) is 4.60. The number of sulfonamides is 1. The normalized spacial score (nSPS) is 11.5. The van der Waals surface area contributed by atoms with E-state index >= 15 is 0 Å². The van der Waals surface area contributed by atoms with Crippen LogP contribution in [0.15, 0.2) is 17.0 Å². The van der Waals surface area contributed by atoms with Crippen LogP contribution in [0.1, 0.15) is 6.42 Å². The average molecular weight is 292 g/mol. The first-order valence-electron chi connectivity index (χ1n) is 4.88. The van der Waals surface area contributed by atoms with Crippen LogP contribution in [0.3, 0.4) is 0 Å². The van der Waals surface area contributed by atoms with Gasteiger partial charge in [-0.25, -0.2) is 12.8 Å². The third kappa shape index (κ3) is 2.90. The molecule has 0 fully saturated rings. The number of nitrogens with zero attached hydrogens (tertiary/aromatic N) is 2. The quantitative estimate of drug-likeness (QED) is 0.854. The van der Waals surface area contributed by atoms with Gasteiger partial charge in [-0.15, -0.1) is 0 Å². The molecule has 0 saturated carbocycles. The van der Waals surface area contributed by atoms with Gasteiger partial charge < -0.3 is 5.73 Å². The van der Waals surface area contributed by atoms with Crippen molar-refractivity contribution in [2.45, 2.75) is 11.3 Å². The second-order valence-electron chi connectivity index (χ2n) is 3.54. The highest BCUT2D eigenvalue weighted by Gasteiger charge is 2.24. The molecule has 1 aromatic carbocycles. The minimum atomic E-state index is -3.88. The summed E-state index contributed by atoms with van der Waals surface area (Å²) in [5.41, 5.74) is 5.02. The van der Waals surface area contributed by atoms with Crippen molar-refractivity contribution >= 4 is 27.3 Å². The van der Waals surface area contributed by atoms with Gasteiger partial charge in [0.1, 0.15) is 10.7 Å². The van der Waals surface area contributed by atoms with Crippen LogP contribution in [0, 0.1) is 17.1 Å². The first-order chi connectivity index (χ1) is 8.30. The molecule has 98 valence electrons. The first kappa shape index (κ1) is 14.7. The lowest BCUT2D eigenvalue weighted by Gasteiger charge is -2.17. The zero-order valence-corrected chi connectivity index (χ0v) is 11.1. The van der Waals surface area contributed by atoms with Gasteiger partial charge in [0.15, 0.2) is 0 Å². The summed E-state index contributed by atoms with van der Waals surface area (Å²) in [5.74, 6) is -0.779. The fourth-order valence-corrected chi connectivity index (χ4v) is 2.93. The van der Waals surface area contributed by atoms with Crippen molar-refractivity contribution in [3.8, 4) is 6.07 Å². The van der Waals surface area contributed by atoms with E-state index in [-0.39, 0.29) is 28.6 Å². The molecule has 0 unspecified atom stereocenters. The minimum Gasteiger partial charge on any atom is -0.396 e. The molecule has 0 spiro atoms. The number of benzene rings is 1. The molecule has 0 aliphatic heterocycles. The standard InChI is InChI=1S/C10H11ClFN3O2S/c1-15(4-2-3-13)18(16,17)10-6-9(14)8(12)5-7(10)11/h5-6H,2,4,14H2,1H3. The molecule has 8 heteroatoms. The molecule has 1 rings (SSSR count). The lowest BCUT2D eigenvalue weighted by Crippen LogP contribution is -2.28. The Hall–Kier alpha value is -1.36. The molecule has 0 atom stereocenters. The lowest BCUT2D eigenvalue weighted by atomic mass is 10.3. The molecule has 2 N–H and O–H groups in total. The van der Waals surface area contributed by atoms with E-state index in [9.17, 15) is 12.8 Å². The summed E-state index contributed by atoms with van der Waals surface area (Å²) in [4.78, 5) is -0.275. The molecule has 0 aliphatic rings. The summed E-state index contributed by atoms with van der Waals surface area (Å²) in [6, 6.07) is 3.65. The third-order valence-electron chi connectivity index (χ3n) is 2.28. The van der Waals surface area contributed by atoms with Crippen molar-refractivity contribution in [2.75, 3.05) is 19.3 Å². The number of nitriles is 1. The number of nitrogen functional groups attached to an aromatic ring is 1. The van der Waals surface area contributed by atoms with Gasteiger partial charge in [0.05, 0.1) is 16.8 Å². The van der Waals surface area contributed by atoms with Crippen LogP contribution in [0.4, 0.5) is 10.1 Å². The van der Waals surface area contributed by atoms with Crippen LogP contribution >= 0.6 is 11.6 Å². The van der Waals surface area contributed by atoms with Crippen LogP contribution in [0.5, 0.6) is 0 Å². The molecule has 0 bridgehead atoms. The van der Waals surface area contributed by atoms with Gasteiger partial charge in [0.25, 0.3) is 0 Å². The Morgan fingerprint density at radius 3 is 2.72 bits per heavy atom. The number of rotatable bonds is 4. The summed E-state index contributed by atoms with van der Waals surface area (Å²) in [6.45, 7) is 0.0203. The van der Waals surface area contributed by atoms with Crippen LogP contribution in [-0.4, -0.2) is 26.3 Å². The number of halogens is 2. The van der Waals surface area contributed by atoms with Crippen molar-refractivity contribution in [3.05, 3.63) is 23.0 Å². The van der Waals surface area contributed by atoms with Gasteiger partial charge >= 0.3 is 0 Å². The zero-order chi connectivity index (χ0) is 13.9. The molecule has 0 aliphatic carbocycles. The maximum absolute atomic E-state index is 13.1. The molecule has 18 heavy (non-hydrogen) atoms. The maximum atomic E-state index is 13.1. The SMILES string of the molecule is CN(CCC#N)S(=O)(=O)c1cc(N)c(F)cc1Cl. The highest BCUT2D eigenvalue weighted by atomic mass is 35.5. The van der Waals surface area contributed by atoms with E-state index in [0.717, 1.165) is 16.4 Å². The second-order valence-corrected chi connectivity index (χ2v) is 5.96. The Kier molecular flexibility index (Phi) is 4.51. The Morgan fingerprint density at radius 2 is 2.17 bits per heavy atom. The maximum Gasteiger partial charge on any atom is 0.244 e. The van der Waals surface area contributed by atoms with Crippen LogP contribution in [-0.2, 0) is 10.0 Å². The van der Waals surface area contributed by atoms with Crippen molar-refractivity contribution in [3.63, 3.8) is 0 Å². The van der Waals surface area contributed by atoms with E-state index in [1.54, 1.807) is 0 Å². The summed E-state index contributed by atoms with van der Waals surface area (Å²) < 4.78 is 38.2. The smallest absolute Gasteiger partial charge is 0.244 e. The Balaban J connectivity index is 3.21. The van der Waals surface area contributed by atoms with Gasteiger partial charge in [0.2, 0.25) is 10.0 Å². The van der Waals surface area contributed by atoms with Crippen molar-refractivity contribution < 1.29 is 12.8 Å². The predicted molar refractivity (Wildman–Crippen MR) is 65.9 cm³/mol. The fraction of sp³-hybridized carbons (Fsp3) is 0.300. The minimum absolute atomic E-state index is 0.0203. The lowest BCUT2D eigenvalue weighted by molar-refractivity contribution is 0.476. The molecular formula is C10H11ClFN3O2S. The van der Waals surface area contributed by atoms with Crippen molar-refractivity contribution in [1.82, 2.24) is 4.31 Å². The van der Waals surface area contributed by atoms with Crippen LogP contribution < -0.4 is 5.73 Å². The van der Waals surface area contributed by atoms with Gasteiger partial charge in [-0.1, -0.05) is 11.6 Å². The summed E-state index contributed by atoms with van der Waals surface area (Å²) in [5, 5.41) is 8.17. The summed E-state index contributed by atoms with van der Waals surface area (Å²) in [7, 11) is -2.57. The monoisotopic (exact) mass is 291 g/mol. The largest absolute Gasteiger partial charge is 0.396 e. The predicted octanol–water partition coefficient (Wildman–Crippen LogP) is 1.60. The highest BCUT2D eigenvalue weighted by molar-refractivity contribution is 7.89. The fourth-order valence-electron chi connectivity index (χ4n) is 1.24. The van der Waals surface area contributed by atoms with Gasteiger partial charge in [-0.05, 0) is 12.1 Å². The van der Waals surface area contributed by atoms with Crippen LogP contribution in [0.2, 0.25) is 5.02 Å². The molecule has 5 nitrogen and oxygen atoms in total. The zero-order valence-electron chi connectivity index (χ0n) is 9.52. The van der Waals surface area contributed by atoms with Crippen LogP contribution in [0.25, 0.3) is 0 Å². The molecule has 0 amide bonds. The van der Waals surface area contributed by atoms with E-state index < -0.39 is 15.8 Å². The molecule has 0 heterocycles. The molecular weight excluding hydrogens is 281 g/mol. The van der Waals surface area contributed by atoms with E-state index in [1.165, 1.54) is 7.05 Å². The average Bonchev–Trinajstić information content (AvgIpc) is 2.30. The Labute approximate surface area is 110 Å². The number of hydrogen-bond acceptors (Lipinski definition) is 4. The molecule has 1 aromatic rings. The number of anilines is 1. The Morgan fingerprint density at radius 1 is 1.56 bits per heavy atom. The molecule has 0 aromatic heterocycles.